The van der Waals surface area contributed by atoms with Gasteiger partial charge in [0.25, 0.3) is 15.5 Å². The second kappa shape index (κ2) is 4.85. The summed E-state index contributed by atoms with van der Waals surface area (Å²) in [5.74, 6) is -11.5. The molecule has 0 aromatic carbocycles. The molecule has 0 spiro atoms. The molecule has 0 aliphatic heterocycles. The first-order valence-corrected chi connectivity index (χ1v) is 7.29. The van der Waals surface area contributed by atoms with Crippen LogP contribution in [0.2, 0.25) is 0 Å². The highest BCUT2D eigenvalue weighted by atomic mass is 32.3. The molecule has 0 fully saturated rings. The van der Waals surface area contributed by atoms with Crippen LogP contribution >= 0.6 is 0 Å². The lowest BCUT2D eigenvalue weighted by molar-refractivity contribution is -0.229. The number of hydrogen-bond donors (Lipinski definition) is 1. The molecule has 0 rings (SSSR count). The van der Waals surface area contributed by atoms with E-state index in [0.29, 0.717) is 4.13 Å². The van der Waals surface area contributed by atoms with Gasteiger partial charge in [-0.05, 0) is 0 Å². The monoisotopic (exact) mass is 323 g/mol. The average Bonchev–Trinajstić information content (AvgIpc) is 2.12. The number of rotatable bonds is 6. The highest BCUT2D eigenvalue weighted by molar-refractivity contribution is 8.04. The summed E-state index contributed by atoms with van der Waals surface area (Å²) in [4.78, 5) is 0. The van der Waals surface area contributed by atoms with Gasteiger partial charge in [0, 0.05) is 0 Å². The van der Waals surface area contributed by atoms with E-state index in [4.69, 9.17) is 0 Å². The van der Waals surface area contributed by atoms with Crippen LogP contribution in [0.1, 0.15) is 0 Å². The number of hydrogen-bond acceptors (Lipinski definition) is 4. The van der Waals surface area contributed by atoms with Crippen molar-refractivity contribution in [2.45, 2.75) is 17.3 Å². The largest absolute Gasteiger partial charge is 0.358 e. The zero-order chi connectivity index (χ0) is 15.0. The van der Waals surface area contributed by atoms with Gasteiger partial charge in [0.05, 0.1) is 6.26 Å². The summed E-state index contributed by atoms with van der Waals surface area (Å²) in [7, 11) is -10.7. The summed E-state index contributed by atoms with van der Waals surface area (Å²) < 4.78 is 117. The number of halogens is 6. The van der Waals surface area contributed by atoms with E-state index in [2.05, 4.69) is 0 Å². The van der Waals surface area contributed by atoms with Gasteiger partial charge in [-0.2, -0.15) is 17.6 Å². The van der Waals surface area contributed by atoms with Crippen molar-refractivity contribution in [3.05, 3.63) is 0 Å². The van der Waals surface area contributed by atoms with Crippen LogP contribution in [-0.4, -0.2) is 47.1 Å². The molecular formula is C5H7F6NO4S2. The second-order valence-electron chi connectivity index (χ2n) is 3.18. The highest BCUT2D eigenvalue weighted by Gasteiger charge is 2.66. The summed E-state index contributed by atoms with van der Waals surface area (Å²) in [5, 5.41) is 0. The SMILES string of the molecule is CS(=O)(=O)NS(=O)(=O)C(F)C(F)(F)C(F)(F)CF. The van der Waals surface area contributed by atoms with E-state index in [1.54, 1.807) is 0 Å². The molecule has 0 aromatic rings. The van der Waals surface area contributed by atoms with Gasteiger partial charge in [-0.25, -0.2) is 25.6 Å². The van der Waals surface area contributed by atoms with Gasteiger partial charge in [-0.1, -0.05) is 0 Å². The Labute approximate surface area is 98.3 Å². The maximum absolute atomic E-state index is 12.9. The molecule has 18 heavy (non-hydrogen) atoms. The van der Waals surface area contributed by atoms with E-state index in [0.717, 1.165) is 0 Å². The van der Waals surface area contributed by atoms with E-state index in [1.165, 1.54) is 0 Å². The number of sulfonamides is 2. The predicted molar refractivity (Wildman–Crippen MR) is 47.7 cm³/mol. The average molecular weight is 323 g/mol. The lowest BCUT2D eigenvalue weighted by Gasteiger charge is -2.26. The maximum atomic E-state index is 12.9. The van der Waals surface area contributed by atoms with Gasteiger partial charge in [0.1, 0.15) is 0 Å². The zero-order valence-corrected chi connectivity index (χ0v) is 10.1. The minimum Gasteiger partial charge on any atom is -0.244 e. The van der Waals surface area contributed by atoms with Gasteiger partial charge < -0.3 is 0 Å². The topological polar surface area (TPSA) is 80.3 Å². The lowest BCUT2D eigenvalue weighted by atomic mass is 10.2. The van der Waals surface area contributed by atoms with Crippen molar-refractivity contribution in [2.75, 3.05) is 12.9 Å². The van der Waals surface area contributed by atoms with Gasteiger partial charge >= 0.3 is 11.8 Å². The van der Waals surface area contributed by atoms with Crippen LogP contribution in [0.3, 0.4) is 0 Å². The predicted octanol–water partition coefficient (Wildman–Crippen LogP) is 0.401. The molecule has 13 heteroatoms. The molecule has 0 saturated carbocycles. The van der Waals surface area contributed by atoms with Crippen molar-refractivity contribution in [2.24, 2.45) is 0 Å². The van der Waals surface area contributed by atoms with Gasteiger partial charge in [-0.3, -0.25) is 0 Å². The lowest BCUT2D eigenvalue weighted by Crippen LogP contribution is -2.55. The molecule has 0 saturated heterocycles. The molecular weight excluding hydrogens is 316 g/mol. The highest BCUT2D eigenvalue weighted by Crippen LogP contribution is 2.40. The Morgan fingerprint density at radius 2 is 1.50 bits per heavy atom. The fourth-order valence-corrected chi connectivity index (χ4v) is 3.29. The molecule has 0 aliphatic carbocycles. The van der Waals surface area contributed by atoms with Crippen LogP contribution in [0.15, 0.2) is 0 Å². The Hall–Kier alpha value is -0.560. The van der Waals surface area contributed by atoms with Crippen molar-refractivity contribution in [3.63, 3.8) is 0 Å². The van der Waals surface area contributed by atoms with Gasteiger partial charge in [0.2, 0.25) is 10.0 Å². The van der Waals surface area contributed by atoms with E-state index in [9.17, 15) is 43.2 Å². The van der Waals surface area contributed by atoms with E-state index in [1.807, 2.05) is 0 Å². The quantitative estimate of drug-likeness (QED) is 0.718. The maximum Gasteiger partial charge on any atom is 0.358 e. The molecule has 1 atom stereocenters. The standard InChI is InChI=1S/C5H7F6NO4S2/c1-17(13,14)12-18(15,16)3(7)5(10,11)4(8,9)2-6/h3,12H,2H2,1H3. The van der Waals surface area contributed by atoms with Crippen molar-refractivity contribution >= 4 is 20.0 Å². The fraction of sp³-hybridized carbons (Fsp3) is 1.00. The first kappa shape index (κ1) is 17.4. The zero-order valence-electron chi connectivity index (χ0n) is 8.50. The molecule has 5 nitrogen and oxygen atoms in total. The Kier molecular flexibility index (Phi) is 4.69. The summed E-state index contributed by atoms with van der Waals surface area (Å²) in [6, 6.07) is 0. The van der Waals surface area contributed by atoms with Crippen LogP contribution in [0, 0.1) is 0 Å². The van der Waals surface area contributed by atoms with E-state index >= 15 is 0 Å². The molecule has 0 aliphatic rings. The Balaban J connectivity index is 5.48. The molecule has 110 valence electrons. The first-order chi connectivity index (χ1) is 7.67. The van der Waals surface area contributed by atoms with Crippen LogP contribution in [-0.2, 0) is 20.0 Å². The Morgan fingerprint density at radius 3 is 1.78 bits per heavy atom. The minimum absolute atomic E-state index is 0.169. The Morgan fingerprint density at radius 1 is 1.11 bits per heavy atom. The smallest absolute Gasteiger partial charge is 0.244 e. The van der Waals surface area contributed by atoms with Gasteiger partial charge in [0.15, 0.2) is 6.67 Å². The number of alkyl halides is 6. The summed E-state index contributed by atoms with van der Waals surface area (Å²) >= 11 is 0. The fourth-order valence-electron chi connectivity index (χ4n) is 0.703. The van der Waals surface area contributed by atoms with Crippen molar-refractivity contribution in [1.29, 1.82) is 0 Å². The van der Waals surface area contributed by atoms with Crippen molar-refractivity contribution in [3.8, 4) is 0 Å². The van der Waals surface area contributed by atoms with Crippen molar-refractivity contribution < 1.29 is 43.2 Å². The molecule has 0 radical (unpaired) electrons. The van der Waals surface area contributed by atoms with Crippen LogP contribution in [0.4, 0.5) is 26.3 Å². The van der Waals surface area contributed by atoms with Crippen LogP contribution in [0.25, 0.3) is 0 Å². The van der Waals surface area contributed by atoms with Crippen LogP contribution in [0.5, 0.6) is 0 Å². The number of nitrogens with one attached hydrogen (secondary N) is 1. The summed E-state index contributed by atoms with van der Waals surface area (Å²) in [6.45, 7) is -3.02. The van der Waals surface area contributed by atoms with E-state index < -0.39 is 44.1 Å². The normalized spacial score (nSPS) is 16.6. The molecule has 1 N–H and O–H groups in total. The third-order valence-electron chi connectivity index (χ3n) is 1.48. The molecule has 0 bridgehead atoms. The molecule has 0 heterocycles. The third kappa shape index (κ3) is 3.71. The molecule has 0 aromatic heterocycles. The van der Waals surface area contributed by atoms with E-state index in [-0.39, 0.29) is 6.26 Å². The second-order valence-corrected chi connectivity index (χ2v) is 6.89. The minimum atomic E-state index is -5.97. The van der Waals surface area contributed by atoms with Crippen LogP contribution < -0.4 is 4.13 Å². The molecule has 1 unspecified atom stereocenters. The third-order valence-corrected chi connectivity index (χ3v) is 4.46. The summed E-state index contributed by atoms with van der Waals surface area (Å²) in [6.07, 6.45) is 0.169. The van der Waals surface area contributed by atoms with Crippen molar-refractivity contribution in [1.82, 2.24) is 4.13 Å². The summed E-state index contributed by atoms with van der Waals surface area (Å²) in [5.41, 5.74) is -4.63. The first-order valence-electron chi connectivity index (χ1n) is 3.85. The molecule has 0 amide bonds. The van der Waals surface area contributed by atoms with Gasteiger partial charge in [-0.15, -0.1) is 4.13 Å². The Bertz CT molecular complexity index is 500.